The Morgan fingerprint density at radius 3 is 2.62 bits per heavy atom. The van der Waals surface area contributed by atoms with Crippen LogP contribution in [-0.4, -0.2) is 25.1 Å². The first kappa shape index (κ1) is 17.8. The second-order valence-corrected chi connectivity index (χ2v) is 5.48. The molecule has 0 heterocycles. The van der Waals surface area contributed by atoms with Gasteiger partial charge in [0.25, 0.3) is 5.91 Å². The number of nitrogens with one attached hydrogen (secondary N) is 1. The largest absolute Gasteiger partial charge is 0.484 e. The van der Waals surface area contributed by atoms with Crippen LogP contribution in [0.1, 0.15) is 22.8 Å². The molecule has 0 fully saturated rings. The minimum atomic E-state index is -0.497. The fourth-order valence-corrected chi connectivity index (χ4v) is 2.28. The van der Waals surface area contributed by atoms with Crippen molar-refractivity contribution in [1.29, 1.82) is 0 Å². The minimum Gasteiger partial charge on any atom is -0.484 e. The topological polar surface area (TPSA) is 64.6 Å². The molecular formula is C18H18ClNO4. The van der Waals surface area contributed by atoms with Crippen molar-refractivity contribution in [2.75, 3.05) is 18.5 Å². The molecule has 2 aromatic rings. The van der Waals surface area contributed by atoms with Crippen LogP contribution in [0.25, 0.3) is 0 Å². The van der Waals surface area contributed by atoms with E-state index in [0.29, 0.717) is 11.4 Å². The van der Waals surface area contributed by atoms with Gasteiger partial charge in [0.15, 0.2) is 6.61 Å². The Morgan fingerprint density at radius 2 is 1.96 bits per heavy atom. The number of benzene rings is 2. The Hall–Kier alpha value is -2.53. The van der Waals surface area contributed by atoms with Gasteiger partial charge in [0, 0.05) is 5.69 Å². The van der Waals surface area contributed by atoms with Crippen LogP contribution in [0.3, 0.4) is 0 Å². The number of anilines is 1. The molecule has 0 radical (unpaired) electrons. The molecule has 24 heavy (non-hydrogen) atoms. The summed E-state index contributed by atoms with van der Waals surface area (Å²) in [6.07, 6.45) is 0. The predicted octanol–water partition coefficient (Wildman–Crippen LogP) is 3.84. The van der Waals surface area contributed by atoms with E-state index < -0.39 is 5.97 Å². The summed E-state index contributed by atoms with van der Waals surface area (Å²) < 4.78 is 10.3. The van der Waals surface area contributed by atoms with E-state index in [-0.39, 0.29) is 29.7 Å². The number of hydrogen-bond acceptors (Lipinski definition) is 4. The van der Waals surface area contributed by atoms with Crippen LogP contribution in [0.2, 0.25) is 5.02 Å². The molecule has 126 valence electrons. The summed E-state index contributed by atoms with van der Waals surface area (Å²) in [5.74, 6) is -0.194. The maximum Gasteiger partial charge on any atom is 0.339 e. The molecule has 0 aliphatic carbocycles. The minimum absolute atomic E-state index is 0.124. The van der Waals surface area contributed by atoms with Crippen molar-refractivity contribution in [3.05, 3.63) is 58.6 Å². The molecule has 1 N–H and O–H groups in total. The molecule has 2 aromatic carbocycles. The van der Waals surface area contributed by atoms with Crippen LogP contribution in [0.15, 0.2) is 42.5 Å². The van der Waals surface area contributed by atoms with Gasteiger partial charge < -0.3 is 14.8 Å². The van der Waals surface area contributed by atoms with Gasteiger partial charge in [0.2, 0.25) is 0 Å². The second-order valence-electron chi connectivity index (χ2n) is 5.07. The summed E-state index contributed by atoms with van der Waals surface area (Å²) >= 11 is 6.05. The Morgan fingerprint density at radius 1 is 1.17 bits per heavy atom. The maximum absolute atomic E-state index is 11.9. The number of aryl methyl sites for hydroxylation is 1. The Kier molecular flexibility index (Phi) is 6.21. The maximum atomic E-state index is 11.9. The predicted molar refractivity (Wildman–Crippen MR) is 92.7 cm³/mol. The smallest absolute Gasteiger partial charge is 0.339 e. The zero-order valence-electron chi connectivity index (χ0n) is 13.5. The quantitative estimate of drug-likeness (QED) is 0.806. The van der Waals surface area contributed by atoms with Crippen molar-refractivity contribution < 1.29 is 19.1 Å². The van der Waals surface area contributed by atoms with Crippen molar-refractivity contribution in [2.45, 2.75) is 13.8 Å². The van der Waals surface area contributed by atoms with Gasteiger partial charge in [-0.1, -0.05) is 23.7 Å². The fourth-order valence-electron chi connectivity index (χ4n) is 2.02. The molecule has 0 saturated heterocycles. The summed E-state index contributed by atoms with van der Waals surface area (Å²) in [7, 11) is 0. The summed E-state index contributed by atoms with van der Waals surface area (Å²) in [6.45, 7) is 3.80. The summed E-state index contributed by atoms with van der Waals surface area (Å²) in [5.41, 5.74) is 1.78. The zero-order valence-corrected chi connectivity index (χ0v) is 14.2. The van der Waals surface area contributed by atoms with Gasteiger partial charge in [0.05, 0.1) is 17.2 Å². The van der Waals surface area contributed by atoms with Gasteiger partial charge >= 0.3 is 5.97 Å². The van der Waals surface area contributed by atoms with E-state index in [2.05, 4.69) is 5.32 Å². The van der Waals surface area contributed by atoms with Crippen molar-refractivity contribution in [3.8, 4) is 5.75 Å². The molecule has 2 rings (SSSR count). The standard InChI is InChI=1S/C18H18ClNO4/c1-3-23-18(22)15-8-7-13(10-16(15)19)20-17(21)11-24-14-6-4-5-12(2)9-14/h4-10H,3,11H2,1-2H3,(H,20,21). The number of amides is 1. The van der Waals surface area contributed by atoms with E-state index in [4.69, 9.17) is 21.1 Å². The summed E-state index contributed by atoms with van der Waals surface area (Å²) in [6, 6.07) is 12.0. The first-order valence-corrected chi connectivity index (χ1v) is 7.83. The van der Waals surface area contributed by atoms with E-state index in [9.17, 15) is 9.59 Å². The molecule has 0 spiro atoms. The Labute approximate surface area is 145 Å². The fraction of sp³-hybridized carbons (Fsp3) is 0.222. The highest BCUT2D eigenvalue weighted by atomic mass is 35.5. The van der Waals surface area contributed by atoms with E-state index >= 15 is 0 Å². The third-order valence-corrected chi connectivity index (χ3v) is 3.42. The molecule has 0 saturated carbocycles. The third-order valence-electron chi connectivity index (χ3n) is 3.11. The van der Waals surface area contributed by atoms with E-state index in [0.717, 1.165) is 5.56 Å². The normalized spacial score (nSPS) is 10.1. The van der Waals surface area contributed by atoms with Crippen molar-refractivity contribution >= 4 is 29.2 Å². The molecule has 5 nitrogen and oxygen atoms in total. The van der Waals surface area contributed by atoms with Gasteiger partial charge in [-0.3, -0.25) is 4.79 Å². The molecule has 6 heteroatoms. The first-order valence-electron chi connectivity index (χ1n) is 7.45. The number of esters is 1. The first-order chi connectivity index (χ1) is 11.5. The van der Waals surface area contributed by atoms with E-state index in [1.165, 1.54) is 12.1 Å². The van der Waals surface area contributed by atoms with Crippen LogP contribution in [0.4, 0.5) is 5.69 Å². The number of carbonyl (C=O) groups is 2. The van der Waals surface area contributed by atoms with Gasteiger partial charge in [-0.25, -0.2) is 4.79 Å². The van der Waals surface area contributed by atoms with Crippen molar-refractivity contribution in [1.82, 2.24) is 0 Å². The van der Waals surface area contributed by atoms with Crippen LogP contribution >= 0.6 is 11.6 Å². The molecular weight excluding hydrogens is 330 g/mol. The number of carbonyl (C=O) groups excluding carboxylic acids is 2. The highest BCUT2D eigenvalue weighted by molar-refractivity contribution is 6.34. The summed E-state index contributed by atoms with van der Waals surface area (Å²) in [4.78, 5) is 23.6. The van der Waals surface area contributed by atoms with Gasteiger partial charge in [0.1, 0.15) is 5.75 Å². The van der Waals surface area contributed by atoms with Gasteiger partial charge in [-0.05, 0) is 49.7 Å². The number of ether oxygens (including phenoxy) is 2. The Balaban J connectivity index is 1.94. The SMILES string of the molecule is CCOC(=O)c1ccc(NC(=O)COc2cccc(C)c2)cc1Cl. The number of rotatable bonds is 6. The van der Waals surface area contributed by atoms with Gasteiger partial charge in [-0.15, -0.1) is 0 Å². The van der Waals surface area contributed by atoms with E-state index in [1.54, 1.807) is 19.1 Å². The van der Waals surface area contributed by atoms with Crippen LogP contribution in [-0.2, 0) is 9.53 Å². The summed E-state index contributed by atoms with van der Waals surface area (Å²) in [5, 5.41) is 2.88. The molecule has 0 bridgehead atoms. The monoisotopic (exact) mass is 347 g/mol. The lowest BCUT2D eigenvalue weighted by Gasteiger charge is -2.10. The molecule has 0 unspecified atom stereocenters. The average Bonchev–Trinajstić information content (AvgIpc) is 2.53. The third kappa shape index (κ3) is 4.99. The lowest BCUT2D eigenvalue weighted by Crippen LogP contribution is -2.20. The van der Waals surface area contributed by atoms with Gasteiger partial charge in [-0.2, -0.15) is 0 Å². The van der Waals surface area contributed by atoms with Crippen LogP contribution < -0.4 is 10.1 Å². The average molecular weight is 348 g/mol. The Bertz CT molecular complexity index is 746. The molecule has 0 aliphatic rings. The highest BCUT2D eigenvalue weighted by Crippen LogP contribution is 2.22. The molecule has 0 aromatic heterocycles. The van der Waals surface area contributed by atoms with Crippen LogP contribution in [0.5, 0.6) is 5.75 Å². The number of hydrogen-bond donors (Lipinski definition) is 1. The molecule has 0 aliphatic heterocycles. The number of halogens is 1. The van der Waals surface area contributed by atoms with Crippen molar-refractivity contribution in [2.24, 2.45) is 0 Å². The van der Waals surface area contributed by atoms with E-state index in [1.807, 2.05) is 25.1 Å². The molecule has 1 amide bonds. The highest BCUT2D eigenvalue weighted by Gasteiger charge is 2.12. The zero-order chi connectivity index (χ0) is 17.5. The lowest BCUT2D eigenvalue weighted by atomic mass is 10.2. The second kappa shape index (κ2) is 8.36. The molecule has 0 atom stereocenters. The van der Waals surface area contributed by atoms with Crippen molar-refractivity contribution in [3.63, 3.8) is 0 Å². The lowest BCUT2D eigenvalue weighted by molar-refractivity contribution is -0.118. The van der Waals surface area contributed by atoms with Crippen LogP contribution in [0, 0.1) is 6.92 Å².